The van der Waals surface area contributed by atoms with Gasteiger partial charge < -0.3 is 5.32 Å². The topological polar surface area (TPSA) is 36.1 Å². The van der Waals surface area contributed by atoms with Gasteiger partial charge in [-0.15, -0.1) is 0 Å². The standard InChI is InChI=1S/C9H13N3S/c1-2-10-12-9(13)11-8-6-4-3-5-7-8/h3-7,10H,2H2,1H3,(H2,11,12,13). The molecule has 0 radical (unpaired) electrons. The summed E-state index contributed by atoms with van der Waals surface area (Å²) in [7, 11) is 0. The highest BCUT2D eigenvalue weighted by molar-refractivity contribution is 7.80. The largest absolute Gasteiger partial charge is 0.332 e. The Balaban J connectivity index is 2.37. The molecule has 0 bridgehead atoms. The minimum atomic E-state index is 0.577. The molecule has 0 atom stereocenters. The average molecular weight is 195 g/mol. The fraction of sp³-hybridized carbons (Fsp3) is 0.222. The number of hydrogen-bond donors (Lipinski definition) is 3. The van der Waals surface area contributed by atoms with Crippen molar-refractivity contribution in [1.29, 1.82) is 0 Å². The van der Waals surface area contributed by atoms with Crippen LogP contribution in [-0.4, -0.2) is 11.7 Å². The number of rotatable bonds is 3. The van der Waals surface area contributed by atoms with Gasteiger partial charge in [0.2, 0.25) is 0 Å². The molecule has 1 aromatic rings. The van der Waals surface area contributed by atoms with Crippen molar-refractivity contribution in [2.24, 2.45) is 0 Å². The van der Waals surface area contributed by atoms with E-state index in [9.17, 15) is 0 Å². The van der Waals surface area contributed by atoms with Crippen LogP contribution in [-0.2, 0) is 0 Å². The van der Waals surface area contributed by atoms with Crippen LogP contribution in [0.2, 0.25) is 0 Å². The third-order valence-corrected chi connectivity index (χ3v) is 1.61. The molecule has 3 N–H and O–H groups in total. The van der Waals surface area contributed by atoms with E-state index in [0.29, 0.717) is 5.11 Å². The molecule has 3 nitrogen and oxygen atoms in total. The van der Waals surface area contributed by atoms with Crippen molar-refractivity contribution in [1.82, 2.24) is 10.9 Å². The van der Waals surface area contributed by atoms with Crippen LogP contribution in [0.25, 0.3) is 0 Å². The zero-order valence-corrected chi connectivity index (χ0v) is 8.32. The van der Waals surface area contributed by atoms with Crippen molar-refractivity contribution < 1.29 is 0 Å². The van der Waals surface area contributed by atoms with Crippen molar-refractivity contribution >= 4 is 23.0 Å². The minimum absolute atomic E-state index is 0.577. The van der Waals surface area contributed by atoms with Gasteiger partial charge in [-0.25, -0.2) is 5.43 Å². The molecule has 0 aliphatic rings. The maximum Gasteiger partial charge on any atom is 0.185 e. The Morgan fingerprint density at radius 2 is 2.00 bits per heavy atom. The Morgan fingerprint density at radius 1 is 1.31 bits per heavy atom. The summed E-state index contributed by atoms with van der Waals surface area (Å²) in [6.45, 7) is 2.83. The van der Waals surface area contributed by atoms with E-state index in [1.54, 1.807) is 0 Å². The molecule has 0 aliphatic carbocycles. The van der Waals surface area contributed by atoms with Crippen LogP contribution in [0.4, 0.5) is 5.69 Å². The molecule has 1 rings (SSSR count). The van der Waals surface area contributed by atoms with Gasteiger partial charge in [0.25, 0.3) is 0 Å². The van der Waals surface area contributed by atoms with Crippen molar-refractivity contribution in [3.05, 3.63) is 30.3 Å². The lowest BCUT2D eigenvalue weighted by Crippen LogP contribution is -2.39. The molecule has 13 heavy (non-hydrogen) atoms. The third-order valence-electron chi connectivity index (χ3n) is 1.41. The fourth-order valence-corrected chi connectivity index (χ4v) is 1.04. The summed E-state index contributed by atoms with van der Waals surface area (Å²) in [5.41, 5.74) is 6.75. The first kappa shape index (κ1) is 9.95. The molecule has 0 heterocycles. The summed E-state index contributed by atoms with van der Waals surface area (Å²) in [6, 6.07) is 9.79. The molecular formula is C9H13N3S. The molecule has 0 aliphatic heterocycles. The molecule has 0 fully saturated rings. The zero-order chi connectivity index (χ0) is 9.52. The number of hydrazine groups is 1. The second-order valence-electron chi connectivity index (χ2n) is 2.48. The lowest BCUT2D eigenvalue weighted by Gasteiger charge is -2.09. The molecule has 0 amide bonds. The molecule has 4 heteroatoms. The first-order valence-electron chi connectivity index (χ1n) is 4.18. The van der Waals surface area contributed by atoms with E-state index in [-0.39, 0.29) is 0 Å². The number of benzene rings is 1. The highest BCUT2D eigenvalue weighted by atomic mass is 32.1. The van der Waals surface area contributed by atoms with E-state index >= 15 is 0 Å². The minimum Gasteiger partial charge on any atom is -0.332 e. The third kappa shape index (κ3) is 3.87. The van der Waals surface area contributed by atoms with E-state index in [4.69, 9.17) is 12.2 Å². The average Bonchev–Trinajstić information content (AvgIpc) is 2.16. The number of para-hydroxylation sites is 1. The summed E-state index contributed by atoms with van der Waals surface area (Å²) in [5, 5.41) is 3.61. The highest BCUT2D eigenvalue weighted by Crippen LogP contribution is 2.03. The first-order chi connectivity index (χ1) is 6.33. The Labute approximate surface area is 83.5 Å². The summed E-state index contributed by atoms with van der Waals surface area (Å²) in [6.07, 6.45) is 0. The van der Waals surface area contributed by atoms with Crippen LogP contribution in [0.15, 0.2) is 30.3 Å². The molecule has 0 saturated carbocycles. The van der Waals surface area contributed by atoms with Gasteiger partial charge in [0, 0.05) is 12.2 Å². The summed E-state index contributed by atoms with van der Waals surface area (Å²) < 4.78 is 0. The molecule has 1 aromatic carbocycles. The maximum absolute atomic E-state index is 5.02. The maximum atomic E-state index is 5.02. The molecule has 70 valence electrons. The molecule has 0 spiro atoms. The fourth-order valence-electron chi connectivity index (χ4n) is 0.852. The first-order valence-corrected chi connectivity index (χ1v) is 4.58. The SMILES string of the molecule is CCNNC(=S)Nc1ccccc1. The number of thiocarbonyl (C=S) groups is 1. The van der Waals surface area contributed by atoms with Gasteiger partial charge in [-0.2, -0.15) is 0 Å². The van der Waals surface area contributed by atoms with Gasteiger partial charge in [-0.1, -0.05) is 25.1 Å². The predicted molar refractivity (Wildman–Crippen MR) is 59.5 cm³/mol. The Kier molecular flexibility index (Phi) is 4.21. The normalized spacial score (nSPS) is 9.31. The smallest absolute Gasteiger partial charge is 0.185 e. The van der Waals surface area contributed by atoms with E-state index in [2.05, 4.69) is 16.2 Å². The van der Waals surface area contributed by atoms with Crippen molar-refractivity contribution in [2.75, 3.05) is 11.9 Å². The lowest BCUT2D eigenvalue weighted by atomic mass is 10.3. The Hall–Kier alpha value is -1.13. The molecular weight excluding hydrogens is 182 g/mol. The van der Waals surface area contributed by atoms with Gasteiger partial charge >= 0.3 is 0 Å². The quantitative estimate of drug-likeness (QED) is 0.504. The van der Waals surface area contributed by atoms with E-state index in [0.717, 1.165) is 12.2 Å². The number of anilines is 1. The van der Waals surface area contributed by atoms with Crippen LogP contribution >= 0.6 is 12.2 Å². The van der Waals surface area contributed by atoms with E-state index < -0.39 is 0 Å². The molecule has 0 aromatic heterocycles. The van der Waals surface area contributed by atoms with E-state index in [1.807, 2.05) is 37.3 Å². The summed E-state index contributed by atoms with van der Waals surface area (Å²) in [5.74, 6) is 0. The monoisotopic (exact) mass is 195 g/mol. The van der Waals surface area contributed by atoms with Gasteiger partial charge in [0.1, 0.15) is 0 Å². The lowest BCUT2D eigenvalue weighted by molar-refractivity contribution is 0.690. The van der Waals surface area contributed by atoms with Crippen LogP contribution in [0.1, 0.15) is 6.92 Å². The van der Waals surface area contributed by atoms with Gasteiger partial charge in [-0.05, 0) is 24.4 Å². The second kappa shape index (κ2) is 5.50. The second-order valence-corrected chi connectivity index (χ2v) is 2.88. The van der Waals surface area contributed by atoms with Crippen LogP contribution in [0.5, 0.6) is 0 Å². The van der Waals surface area contributed by atoms with Gasteiger partial charge in [0.15, 0.2) is 5.11 Å². The van der Waals surface area contributed by atoms with Gasteiger partial charge in [-0.3, -0.25) is 5.43 Å². The number of nitrogens with one attached hydrogen (secondary N) is 3. The predicted octanol–water partition coefficient (Wildman–Crippen LogP) is 1.50. The highest BCUT2D eigenvalue weighted by Gasteiger charge is 1.93. The summed E-state index contributed by atoms with van der Waals surface area (Å²) in [4.78, 5) is 0. The molecule has 0 unspecified atom stereocenters. The van der Waals surface area contributed by atoms with E-state index in [1.165, 1.54) is 0 Å². The Bertz CT molecular complexity index is 261. The number of hydrogen-bond acceptors (Lipinski definition) is 2. The zero-order valence-electron chi connectivity index (χ0n) is 7.50. The molecule has 0 saturated heterocycles. The van der Waals surface area contributed by atoms with Gasteiger partial charge in [0.05, 0.1) is 0 Å². The van der Waals surface area contributed by atoms with Crippen LogP contribution < -0.4 is 16.2 Å². The van der Waals surface area contributed by atoms with Crippen LogP contribution in [0, 0.1) is 0 Å². The van der Waals surface area contributed by atoms with Crippen molar-refractivity contribution in [3.63, 3.8) is 0 Å². The van der Waals surface area contributed by atoms with Crippen molar-refractivity contribution in [2.45, 2.75) is 6.92 Å². The Morgan fingerprint density at radius 3 is 2.62 bits per heavy atom. The van der Waals surface area contributed by atoms with Crippen molar-refractivity contribution in [3.8, 4) is 0 Å². The summed E-state index contributed by atoms with van der Waals surface area (Å²) >= 11 is 5.02. The van der Waals surface area contributed by atoms with Crippen LogP contribution in [0.3, 0.4) is 0 Å².